The van der Waals surface area contributed by atoms with Crippen molar-refractivity contribution in [2.45, 2.75) is 32.3 Å². The van der Waals surface area contributed by atoms with Gasteiger partial charge in [-0.3, -0.25) is 0 Å². The Balaban J connectivity index is 1.82. The first-order valence-electron chi connectivity index (χ1n) is 9.97. The van der Waals surface area contributed by atoms with Crippen molar-refractivity contribution in [1.29, 1.82) is 0 Å². The minimum Gasteiger partial charge on any atom is -0.497 e. The van der Waals surface area contributed by atoms with E-state index >= 15 is 0 Å². The van der Waals surface area contributed by atoms with E-state index < -0.39 is 0 Å². The molecule has 148 valence electrons. The van der Waals surface area contributed by atoms with Gasteiger partial charge in [-0.2, -0.15) is 5.10 Å². The maximum atomic E-state index is 5.45. The van der Waals surface area contributed by atoms with Crippen molar-refractivity contribution < 1.29 is 9.47 Å². The van der Waals surface area contributed by atoms with E-state index in [4.69, 9.17) is 19.6 Å². The minimum absolute atomic E-state index is 0.454. The quantitative estimate of drug-likeness (QED) is 0.652. The molecule has 0 N–H and O–H groups in total. The van der Waals surface area contributed by atoms with Crippen molar-refractivity contribution in [3.8, 4) is 16.9 Å². The summed E-state index contributed by atoms with van der Waals surface area (Å²) in [7, 11) is 3.38. The summed E-state index contributed by atoms with van der Waals surface area (Å²) in [4.78, 5) is 7.22. The van der Waals surface area contributed by atoms with Crippen molar-refractivity contribution in [2.24, 2.45) is 0 Å². The van der Waals surface area contributed by atoms with E-state index in [1.54, 1.807) is 14.2 Å². The summed E-state index contributed by atoms with van der Waals surface area (Å²) in [5, 5.41) is 4.93. The SMILES string of the molecule is CCN1CCCC(c2ccnc3c(-c4ccc(OC)cc4)c(COC)nn23)C1. The number of hydrogen-bond acceptors (Lipinski definition) is 5. The second-order valence-electron chi connectivity index (χ2n) is 7.32. The standard InChI is InChI=1S/C22H28N4O2/c1-4-25-13-5-6-17(14-25)20-11-12-23-22-21(19(15-27-2)24-26(20)22)16-7-9-18(28-3)10-8-16/h7-12,17H,4-6,13-15H2,1-3H3. The topological polar surface area (TPSA) is 51.9 Å². The number of likely N-dealkylation sites (N-methyl/N-ethyl adjacent to an activating group) is 1. The smallest absolute Gasteiger partial charge is 0.163 e. The van der Waals surface area contributed by atoms with Gasteiger partial charge in [0.25, 0.3) is 0 Å². The van der Waals surface area contributed by atoms with Crippen LogP contribution in [0.3, 0.4) is 0 Å². The molecular weight excluding hydrogens is 352 g/mol. The fourth-order valence-electron chi connectivity index (χ4n) is 4.19. The molecule has 3 aromatic rings. The Morgan fingerprint density at radius 1 is 1.14 bits per heavy atom. The van der Waals surface area contributed by atoms with Crippen LogP contribution in [0.5, 0.6) is 5.75 Å². The van der Waals surface area contributed by atoms with E-state index in [9.17, 15) is 0 Å². The van der Waals surface area contributed by atoms with Gasteiger partial charge in [0.05, 0.1) is 30.7 Å². The van der Waals surface area contributed by atoms with Gasteiger partial charge in [0.1, 0.15) is 5.75 Å². The Labute approximate surface area is 166 Å². The molecule has 1 fully saturated rings. The Hall–Kier alpha value is -2.44. The fraction of sp³-hybridized carbons (Fsp3) is 0.455. The molecule has 3 heterocycles. The van der Waals surface area contributed by atoms with E-state index in [2.05, 4.69) is 30.0 Å². The Bertz CT molecular complexity index is 936. The molecule has 1 saturated heterocycles. The van der Waals surface area contributed by atoms with E-state index in [-0.39, 0.29) is 0 Å². The van der Waals surface area contributed by atoms with Gasteiger partial charge in [0.2, 0.25) is 0 Å². The average Bonchev–Trinajstić information content (AvgIpc) is 3.12. The van der Waals surface area contributed by atoms with Gasteiger partial charge in [0.15, 0.2) is 5.65 Å². The number of methoxy groups -OCH3 is 2. The summed E-state index contributed by atoms with van der Waals surface area (Å²) in [6.45, 7) is 6.04. The normalized spacial score (nSPS) is 17.9. The van der Waals surface area contributed by atoms with Crippen LogP contribution in [0.1, 0.15) is 37.1 Å². The van der Waals surface area contributed by atoms with Crippen LogP contribution in [0.2, 0.25) is 0 Å². The number of ether oxygens (including phenoxy) is 2. The molecule has 4 rings (SSSR count). The summed E-state index contributed by atoms with van der Waals surface area (Å²) >= 11 is 0. The zero-order chi connectivity index (χ0) is 19.5. The number of rotatable bonds is 6. The van der Waals surface area contributed by atoms with Gasteiger partial charge in [-0.25, -0.2) is 9.50 Å². The number of piperidine rings is 1. The fourth-order valence-corrected chi connectivity index (χ4v) is 4.19. The molecule has 0 spiro atoms. The van der Waals surface area contributed by atoms with Gasteiger partial charge < -0.3 is 14.4 Å². The summed E-state index contributed by atoms with van der Waals surface area (Å²) in [5.41, 5.74) is 5.15. The minimum atomic E-state index is 0.454. The number of aromatic nitrogens is 3. The number of hydrogen-bond donors (Lipinski definition) is 0. The predicted octanol–water partition coefficient (Wildman–Crippen LogP) is 3.75. The third kappa shape index (κ3) is 3.50. The van der Waals surface area contributed by atoms with Crippen LogP contribution in [-0.2, 0) is 11.3 Å². The first-order valence-corrected chi connectivity index (χ1v) is 9.97. The average molecular weight is 380 g/mol. The lowest BCUT2D eigenvalue weighted by atomic mass is 9.94. The lowest BCUT2D eigenvalue weighted by Crippen LogP contribution is -2.34. The van der Waals surface area contributed by atoms with Gasteiger partial charge in [0, 0.05) is 25.8 Å². The number of likely N-dealkylation sites (tertiary alicyclic amines) is 1. The molecule has 28 heavy (non-hydrogen) atoms. The number of fused-ring (bicyclic) bond motifs is 1. The monoisotopic (exact) mass is 380 g/mol. The number of benzene rings is 1. The molecule has 6 heteroatoms. The van der Waals surface area contributed by atoms with Crippen molar-refractivity contribution in [3.63, 3.8) is 0 Å². The molecule has 0 amide bonds. The van der Waals surface area contributed by atoms with Crippen LogP contribution in [0.15, 0.2) is 36.5 Å². The molecule has 1 unspecified atom stereocenters. The zero-order valence-corrected chi connectivity index (χ0v) is 16.9. The first-order chi connectivity index (χ1) is 13.7. The van der Waals surface area contributed by atoms with E-state index in [1.165, 1.54) is 25.1 Å². The second kappa shape index (κ2) is 8.29. The van der Waals surface area contributed by atoms with Crippen LogP contribution in [-0.4, -0.2) is 53.4 Å². The highest BCUT2D eigenvalue weighted by Crippen LogP contribution is 2.33. The van der Waals surface area contributed by atoms with E-state index in [0.29, 0.717) is 12.5 Å². The van der Waals surface area contributed by atoms with Gasteiger partial charge in [-0.15, -0.1) is 0 Å². The van der Waals surface area contributed by atoms with Crippen molar-refractivity contribution in [3.05, 3.63) is 47.9 Å². The van der Waals surface area contributed by atoms with Gasteiger partial charge in [-0.05, 0) is 49.7 Å². The van der Waals surface area contributed by atoms with Gasteiger partial charge in [-0.1, -0.05) is 19.1 Å². The molecule has 1 atom stereocenters. The Morgan fingerprint density at radius 2 is 1.96 bits per heavy atom. The molecule has 0 aliphatic carbocycles. The summed E-state index contributed by atoms with van der Waals surface area (Å²) < 4.78 is 12.8. The second-order valence-corrected chi connectivity index (χ2v) is 7.32. The van der Waals surface area contributed by atoms with Crippen LogP contribution in [0.25, 0.3) is 16.8 Å². The maximum absolute atomic E-state index is 5.45. The summed E-state index contributed by atoms with van der Waals surface area (Å²) in [5.74, 6) is 1.31. The summed E-state index contributed by atoms with van der Waals surface area (Å²) in [6, 6.07) is 10.2. The first kappa shape index (κ1) is 18.9. The van der Waals surface area contributed by atoms with Crippen molar-refractivity contribution in [1.82, 2.24) is 19.5 Å². The Morgan fingerprint density at radius 3 is 2.68 bits per heavy atom. The zero-order valence-electron chi connectivity index (χ0n) is 16.9. The molecule has 1 aliphatic heterocycles. The van der Waals surface area contributed by atoms with Crippen LogP contribution < -0.4 is 4.74 Å². The Kier molecular flexibility index (Phi) is 5.59. The molecule has 1 aromatic carbocycles. The van der Waals surface area contributed by atoms with E-state index in [1.807, 2.05) is 22.8 Å². The van der Waals surface area contributed by atoms with Crippen LogP contribution in [0.4, 0.5) is 0 Å². The maximum Gasteiger partial charge on any atom is 0.163 e. The van der Waals surface area contributed by atoms with Gasteiger partial charge >= 0.3 is 0 Å². The molecule has 2 aromatic heterocycles. The highest BCUT2D eigenvalue weighted by atomic mass is 16.5. The molecular formula is C22H28N4O2. The third-order valence-electron chi connectivity index (χ3n) is 5.65. The van der Waals surface area contributed by atoms with Crippen LogP contribution in [0, 0.1) is 0 Å². The van der Waals surface area contributed by atoms with E-state index in [0.717, 1.165) is 41.3 Å². The highest BCUT2D eigenvalue weighted by molar-refractivity contribution is 5.80. The molecule has 6 nitrogen and oxygen atoms in total. The lowest BCUT2D eigenvalue weighted by molar-refractivity contribution is 0.181. The predicted molar refractivity (Wildman–Crippen MR) is 110 cm³/mol. The summed E-state index contributed by atoms with van der Waals surface area (Å²) in [6.07, 6.45) is 4.33. The lowest BCUT2D eigenvalue weighted by Gasteiger charge is -2.32. The van der Waals surface area contributed by atoms with Crippen molar-refractivity contribution in [2.75, 3.05) is 33.9 Å². The molecule has 0 saturated carbocycles. The number of nitrogens with zero attached hydrogens (tertiary/aromatic N) is 4. The largest absolute Gasteiger partial charge is 0.497 e. The van der Waals surface area contributed by atoms with Crippen molar-refractivity contribution >= 4 is 5.65 Å². The highest BCUT2D eigenvalue weighted by Gasteiger charge is 2.25. The molecule has 0 bridgehead atoms. The third-order valence-corrected chi connectivity index (χ3v) is 5.65. The molecule has 1 aliphatic rings. The van der Waals surface area contributed by atoms with Crippen LogP contribution >= 0.6 is 0 Å². The molecule has 0 radical (unpaired) electrons.